The minimum atomic E-state index is -4.96. The van der Waals surface area contributed by atoms with Gasteiger partial charge in [0.25, 0.3) is 0 Å². The Hall–Kier alpha value is -2.46. The number of hydrogen-bond donors (Lipinski definition) is 3. The van der Waals surface area contributed by atoms with Crippen LogP contribution in [0.25, 0.3) is 0 Å². The number of allylic oxidation sites excluding steroid dienone is 4. The van der Waals surface area contributed by atoms with Crippen LogP contribution in [0, 0.1) is 17.8 Å². The molecular weight excluding hydrogens is 1230 g/mol. The van der Waals surface area contributed by atoms with Crippen molar-refractivity contribution in [3.8, 4) is 0 Å². The molecule has 0 rings (SSSR count). The van der Waals surface area contributed by atoms with Gasteiger partial charge >= 0.3 is 39.5 Å². The fourth-order valence-corrected chi connectivity index (χ4v) is 12.4. The summed E-state index contributed by atoms with van der Waals surface area (Å²) < 4.78 is 68.4. The molecule has 0 aliphatic carbocycles. The van der Waals surface area contributed by atoms with Crippen LogP contribution in [0.15, 0.2) is 24.3 Å². The molecule has 4 unspecified atom stereocenters. The molecule has 0 bridgehead atoms. The summed E-state index contributed by atoms with van der Waals surface area (Å²) in [5, 5.41) is 10.6. The Kier molecular flexibility index (Phi) is 63.5. The Labute approximate surface area is 573 Å². The first kappa shape index (κ1) is 91.5. The van der Waals surface area contributed by atoms with Gasteiger partial charge in [-0.2, -0.15) is 0 Å². The summed E-state index contributed by atoms with van der Waals surface area (Å²) >= 11 is 0. The lowest BCUT2D eigenvalue weighted by Crippen LogP contribution is -2.30. The van der Waals surface area contributed by atoms with E-state index in [0.717, 1.165) is 127 Å². The third-order valence-corrected chi connectivity index (χ3v) is 19.0. The van der Waals surface area contributed by atoms with Gasteiger partial charge in [-0.15, -0.1) is 0 Å². The van der Waals surface area contributed by atoms with Crippen molar-refractivity contribution in [1.29, 1.82) is 0 Å². The minimum absolute atomic E-state index is 0.0997. The van der Waals surface area contributed by atoms with Crippen molar-refractivity contribution in [3.05, 3.63) is 24.3 Å². The number of phosphoric acid groups is 2. The Balaban J connectivity index is 5.26. The Bertz CT molecular complexity index is 1930. The maximum atomic E-state index is 13.1. The summed E-state index contributed by atoms with van der Waals surface area (Å²) in [4.78, 5) is 72.7. The fraction of sp³-hybridized carbons (Fsp3) is 0.893. The van der Waals surface area contributed by atoms with E-state index >= 15 is 0 Å². The van der Waals surface area contributed by atoms with E-state index in [2.05, 4.69) is 72.8 Å². The molecule has 6 atom stereocenters. The highest BCUT2D eigenvalue weighted by Gasteiger charge is 2.30. The number of aliphatic hydroxyl groups excluding tert-OH is 1. The first-order chi connectivity index (χ1) is 45.3. The van der Waals surface area contributed by atoms with Crippen LogP contribution in [0.4, 0.5) is 0 Å². The Morgan fingerprint density at radius 2 is 0.628 bits per heavy atom. The monoisotopic (exact) mass is 1380 g/mol. The van der Waals surface area contributed by atoms with Gasteiger partial charge in [-0.1, -0.05) is 304 Å². The van der Waals surface area contributed by atoms with Gasteiger partial charge in [0.05, 0.1) is 26.4 Å². The number of unbranched alkanes of at least 4 members (excludes halogenated alkanes) is 35. The van der Waals surface area contributed by atoms with Crippen LogP contribution in [0.3, 0.4) is 0 Å². The number of phosphoric ester groups is 2. The van der Waals surface area contributed by atoms with Crippen molar-refractivity contribution >= 4 is 39.5 Å². The van der Waals surface area contributed by atoms with Crippen LogP contribution in [0.2, 0.25) is 0 Å². The second-order valence-electron chi connectivity index (χ2n) is 27.5. The molecule has 0 aromatic carbocycles. The molecule has 94 heavy (non-hydrogen) atoms. The van der Waals surface area contributed by atoms with E-state index in [1.807, 2.05) is 0 Å². The molecule has 0 amide bonds. The van der Waals surface area contributed by atoms with Gasteiger partial charge in [0.15, 0.2) is 12.2 Å². The second-order valence-corrected chi connectivity index (χ2v) is 30.5. The number of aliphatic hydroxyl groups is 1. The first-order valence-electron chi connectivity index (χ1n) is 38.2. The zero-order valence-corrected chi connectivity index (χ0v) is 62.7. The predicted molar refractivity (Wildman–Crippen MR) is 381 cm³/mol. The topological polar surface area (TPSA) is 237 Å². The van der Waals surface area contributed by atoms with E-state index in [0.29, 0.717) is 31.6 Å². The van der Waals surface area contributed by atoms with Crippen molar-refractivity contribution in [1.82, 2.24) is 0 Å². The van der Waals surface area contributed by atoms with Crippen LogP contribution in [0.1, 0.15) is 357 Å². The van der Waals surface area contributed by atoms with Gasteiger partial charge in [-0.25, -0.2) is 9.13 Å². The van der Waals surface area contributed by atoms with Crippen LogP contribution in [0.5, 0.6) is 0 Å². The molecule has 17 nitrogen and oxygen atoms in total. The maximum absolute atomic E-state index is 13.1. The standard InChI is InChI=1S/C75H142O17P2/c1-8-10-11-12-13-14-15-16-19-23-26-29-34-42-49-56-72(77)85-62-70(91-74(79)58-51-44-35-30-27-24-21-18-17-20-22-25-28-32-39-46-53-66(3)4)64-89-93(81,82)87-60-69(76)61-88-94(83,84)90-65-71(92-75(80)59-52-45-38-37-41-48-55-68(7)9-2)63-86-73(78)57-50-43-36-31-33-40-47-54-67(5)6/h14-16,19,66-71,76H,8-13,17-18,20-65H2,1-7H3,(H,81,82)(H,83,84)/b15-14-,19-16-/t68?,69?,70-,71-/m1/s1. The normalized spacial score (nSPS) is 14.6. The highest BCUT2D eigenvalue weighted by molar-refractivity contribution is 7.47. The highest BCUT2D eigenvalue weighted by Crippen LogP contribution is 2.45. The maximum Gasteiger partial charge on any atom is 0.472 e. The average molecular weight is 1380 g/mol. The van der Waals surface area contributed by atoms with E-state index in [4.69, 9.17) is 37.0 Å². The zero-order chi connectivity index (χ0) is 69.4. The molecule has 0 aliphatic heterocycles. The molecule has 0 aromatic rings. The fourth-order valence-electron chi connectivity index (χ4n) is 10.9. The van der Waals surface area contributed by atoms with Crippen molar-refractivity contribution < 1.29 is 80.2 Å². The van der Waals surface area contributed by atoms with Gasteiger partial charge in [-0.05, 0) is 69.1 Å². The van der Waals surface area contributed by atoms with Gasteiger partial charge in [-0.3, -0.25) is 37.3 Å². The molecular formula is C75H142O17P2. The molecule has 3 N–H and O–H groups in total. The molecule has 0 spiro atoms. The number of carbonyl (C=O) groups is 4. The smallest absolute Gasteiger partial charge is 0.462 e. The molecule has 0 radical (unpaired) electrons. The lowest BCUT2D eigenvalue weighted by atomic mass is 10.00. The van der Waals surface area contributed by atoms with Gasteiger partial charge in [0.2, 0.25) is 0 Å². The van der Waals surface area contributed by atoms with Crippen LogP contribution >= 0.6 is 15.6 Å². The summed E-state index contributed by atoms with van der Waals surface area (Å²) in [5.74, 6) is 0.0749. The second kappa shape index (κ2) is 65.2. The van der Waals surface area contributed by atoms with Crippen molar-refractivity contribution in [2.24, 2.45) is 17.8 Å². The van der Waals surface area contributed by atoms with Crippen LogP contribution in [-0.4, -0.2) is 96.7 Å². The average Bonchev–Trinajstić information content (AvgIpc) is 1.32. The summed E-state index contributed by atoms with van der Waals surface area (Å²) in [6, 6.07) is 0. The van der Waals surface area contributed by atoms with Crippen molar-refractivity contribution in [3.63, 3.8) is 0 Å². The number of carbonyl (C=O) groups excluding carboxylic acids is 4. The summed E-state index contributed by atoms with van der Waals surface area (Å²) in [6.07, 6.45) is 53.7. The zero-order valence-electron chi connectivity index (χ0n) is 60.9. The van der Waals surface area contributed by atoms with Crippen LogP contribution < -0.4 is 0 Å². The van der Waals surface area contributed by atoms with E-state index in [1.54, 1.807) is 0 Å². The van der Waals surface area contributed by atoms with E-state index < -0.39 is 97.5 Å². The SMILES string of the molecule is CCCCCC/C=C\C=C/CCCCCCCC(=O)OC[C@H](COP(=O)(O)OCC(O)COP(=O)(O)OC[C@@H](COC(=O)CCCCCCCCCC(C)C)OC(=O)CCCCCCCCC(C)CC)OC(=O)CCCCCCCCCCCCCCCCCCC(C)C. The molecule has 19 heteroatoms. The van der Waals surface area contributed by atoms with Crippen LogP contribution in [-0.2, 0) is 65.4 Å². The molecule has 0 aromatic heterocycles. The van der Waals surface area contributed by atoms with Gasteiger partial charge in [0.1, 0.15) is 19.3 Å². The molecule has 0 aliphatic rings. The number of rotatable bonds is 71. The summed E-state index contributed by atoms with van der Waals surface area (Å²) in [6.45, 7) is 11.7. The van der Waals surface area contributed by atoms with E-state index in [9.17, 15) is 43.2 Å². The number of ether oxygens (including phenoxy) is 4. The highest BCUT2D eigenvalue weighted by atomic mass is 31.2. The predicted octanol–water partition coefficient (Wildman–Crippen LogP) is 21.3. The molecule has 0 fully saturated rings. The van der Waals surface area contributed by atoms with Gasteiger partial charge in [0, 0.05) is 25.7 Å². The number of esters is 4. The lowest BCUT2D eigenvalue weighted by Gasteiger charge is -2.21. The summed E-state index contributed by atoms with van der Waals surface area (Å²) in [7, 11) is -9.92. The van der Waals surface area contributed by atoms with E-state index in [-0.39, 0.29) is 25.7 Å². The quantitative estimate of drug-likeness (QED) is 0.0169. The molecule has 0 heterocycles. The van der Waals surface area contributed by atoms with Gasteiger partial charge < -0.3 is 33.8 Å². The Morgan fingerprint density at radius 3 is 0.947 bits per heavy atom. The third-order valence-electron chi connectivity index (χ3n) is 17.1. The molecule has 0 saturated heterocycles. The van der Waals surface area contributed by atoms with Crippen molar-refractivity contribution in [2.75, 3.05) is 39.6 Å². The largest absolute Gasteiger partial charge is 0.472 e. The summed E-state index contributed by atoms with van der Waals surface area (Å²) in [5.41, 5.74) is 0. The minimum Gasteiger partial charge on any atom is -0.462 e. The first-order valence-corrected chi connectivity index (χ1v) is 41.2. The molecule has 554 valence electrons. The van der Waals surface area contributed by atoms with E-state index in [1.165, 1.54) is 141 Å². The third kappa shape index (κ3) is 66.8. The lowest BCUT2D eigenvalue weighted by molar-refractivity contribution is -0.161. The molecule has 0 saturated carbocycles. The Morgan fingerprint density at radius 1 is 0.351 bits per heavy atom. The number of hydrogen-bond acceptors (Lipinski definition) is 15. The van der Waals surface area contributed by atoms with Crippen molar-refractivity contribution in [2.45, 2.75) is 375 Å².